The second-order valence-corrected chi connectivity index (χ2v) is 8.63. The highest BCUT2D eigenvalue weighted by molar-refractivity contribution is 5.80. The molecular weight excluding hydrogens is 338 g/mol. The average Bonchev–Trinajstić information content (AvgIpc) is 2.70. The average molecular weight is 376 g/mol. The number of carbonyl (C=O) groups is 2. The van der Waals surface area contributed by atoms with Gasteiger partial charge in [0, 0.05) is 19.1 Å². The molecule has 152 valence electrons. The second-order valence-electron chi connectivity index (χ2n) is 8.63. The number of nitrogens with zero attached hydrogens (tertiary/aromatic N) is 1. The van der Waals surface area contributed by atoms with Crippen LogP contribution in [0.3, 0.4) is 0 Å². The van der Waals surface area contributed by atoms with Crippen LogP contribution >= 0.6 is 0 Å². The molecule has 0 aromatic carbocycles. The van der Waals surface area contributed by atoms with Gasteiger partial charge < -0.3 is 10.6 Å². The highest BCUT2D eigenvalue weighted by atomic mass is 16.2. The zero-order valence-electron chi connectivity index (χ0n) is 16.8. The lowest BCUT2D eigenvalue weighted by molar-refractivity contribution is -0.129. The number of piperidine rings is 1. The van der Waals surface area contributed by atoms with Crippen molar-refractivity contribution in [1.82, 2.24) is 15.5 Å². The first-order valence-electron chi connectivity index (χ1n) is 11.2. The van der Waals surface area contributed by atoms with E-state index in [0.29, 0.717) is 12.6 Å². The van der Waals surface area contributed by atoms with E-state index in [1.165, 1.54) is 50.5 Å². The Hall–Kier alpha value is -1.36. The zero-order chi connectivity index (χ0) is 18.9. The van der Waals surface area contributed by atoms with Crippen molar-refractivity contribution < 1.29 is 9.59 Å². The molecule has 3 aliphatic rings. The van der Waals surface area contributed by atoms with Crippen LogP contribution < -0.4 is 10.6 Å². The van der Waals surface area contributed by atoms with Crippen molar-refractivity contribution in [3.05, 3.63) is 11.6 Å². The van der Waals surface area contributed by atoms with Crippen LogP contribution in [0.15, 0.2) is 11.6 Å². The first-order valence-corrected chi connectivity index (χ1v) is 11.2. The molecule has 0 bridgehead atoms. The summed E-state index contributed by atoms with van der Waals surface area (Å²) in [5.74, 6) is 0.344. The Morgan fingerprint density at radius 2 is 1.89 bits per heavy atom. The number of carbonyl (C=O) groups excluding carboxylic acids is 2. The molecule has 1 aliphatic heterocycles. The van der Waals surface area contributed by atoms with E-state index in [1.807, 2.05) is 0 Å². The Morgan fingerprint density at radius 1 is 1.04 bits per heavy atom. The van der Waals surface area contributed by atoms with Gasteiger partial charge in [-0.2, -0.15) is 0 Å². The fourth-order valence-corrected chi connectivity index (χ4v) is 4.73. The molecule has 3 rings (SSSR count). The van der Waals surface area contributed by atoms with Crippen LogP contribution in [-0.4, -0.2) is 48.9 Å². The van der Waals surface area contributed by atoms with E-state index in [1.54, 1.807) is 0 Å². The number of nitrogens with one attached hydrogen (secondary N) is 2. The first-order chi connectivity index (χ1) is 13.2. The molecular formula is C22H37N3O2. The minimum Gasteiger partial charge on any atom is -0.355 e. The van der Waals surface area contributed by atoms with E-state index in [0.717, 1.165) is 51.7 Å². The van der Waals surface area contributed by atoms with Crippen LogP contribution in [0.1, 0.15) is 77.0 Å². The first kappa shape index (κ1) is 20.4. The smallest absolute Gasteiger partial charge is 0.234 e. The molecule has 1 unspecified atom stereocenters. The summed E-state index contributed by atoms with van der Waals surface area (Å²) in [6, 6.07) is 0.374. The standard InChI is InChI=1S/C22H37N3O2/c26-21(23-14-13-18-8-3-1-4-9-18)17-25-15-7-10-19(16-25)22(27)24-20-11-5-2-6-12-20/h8,19-20H,1-7,9-17H2,(H,23,26)(H,24,27). The Morgan fingerprint density at radius 3 is 2.67 bits per heavy atom. The fraction of sp³-hybridized carbons (Fsp3) is 0.818. The summed E-state index contributed by atoms with van der Waals surface area (Å²) in [7, 11) is 0. The molecule has 1 saturated carbocycles. The molecule has 0 spiro atoms. The van der Waals surface area contributed by atoms with Crippen molar-refractivity contribution in [2.75, 3.05) is 26.2 Å². The number of allylic oxidation sites excluding steroid dienone is 1. The normalized spacial score (nSPS) is 24.9. The maximum atomic E-state index is 12.6. The van der Waals surface area contributed by atoms with E-state index in [4.69, 9.17) is 0 Å². The SMILES string of the molecule is O=C(CN1CCCC(C(=O)NC2CCCCC2)C1)NCCC1=CCCCC1. The number of amides is 2. The van der Waals surface area contributed by atoms with Crippen molar-refractivity contribution >= 4 is 11.8 Å². The highest BCUT2D eigenvalue weighted by Crippen LogP contribution is 2.21. The third-order valence-electron chi connectivity index (χ3n) is 6.35. The van der Waals surface area contributed by atoms with E-state index >= 15 is 0 Å². The van der Waals surface area contributed by atoms with Gasteiger partial charge in [-0.25, -0.2) is 0 Å². The van der Waals surface area contributed by atoms with Crippen molar-refractivity contribution in [3.8, 4) is 0 Å². The minimum absolute atomic E-state index is 0.0425. The molecule has 1 heterocycles. The van der Waals surface area contributed by atoms with Crippen LogP contribution in [0.2, 0.25) is 0 Å². The lowest BCUT2D eigenvalue weighted by Gasteiger charge is -2.33. The summed E-state index contributed by atoms with van der Waals surface area (Å²) < 4.78 is 0. The fourth-order valence-electron chi connectivity index (χ4n) is 4.73. The molecule has 2 amide bonds. The molecule has 2 N–H and O–H groups in total. The molecule has 0 aromatic rings. The van der Waals surface area contributed by atoms with Crippen LogP contribution in [0.4, 0.5) is 0 Å². The van der Waals surface area contributed by atoms with Gasteiger partial charge in [0.2, 0.25) is 11.8 Å². The lowest BCUT2D eigenvalue weighted by Crippen LogP contribution is -2.48. The predicted octanol–water partition coefficient (Wildman–Crippen LogP) is 3.15. The third kappa shape index (κ3) is 6.95. The van der Waals surface area contributed by atoms with Gasteiger partial charge in [-0.05, 0) is 64.3 Å². The summed E-state index contributed by atoms with van der Waals surface area (Å²) in [6.07, 6.45) is 16.3. The van der Waals surface area contributed by atoms with Crippen molar-refractivity contribution in [2.45, 2.75) is 83.1 Å². The summed E-state index contributed by atoms with van der Waals surface area (Å²) in [6.45, 7) is 2.80. The summed E-state index contributed by atoms with van der Waals surface area (Å²) in [5.41, 5.74) is 1.50. The number of hydrogen-bond acceptors (Lipinski definition) is 3. The number of hydrogen-bond donors (Lipinski definition) is 2. The maximum Gasteiger partial charge on any atom is 0.234 e. The Kier molecular flexibility index (Phi) is 8.18. The lowest BCUT2D eigenvalue weighted by atomic mass is 9.93. The maximum absolute atomic E-state index is 12.6. The van der Waals surface area contributed by atoms with Crippen molar-refractivity contribution in [1.29, 1.82) is 0 Å². The summed E-state index contributed by atoms with van der Waals surface area (Å²) in [5, 5.41) is 6.33. The van der Waals surface area contributed by atoms with Gasteiger partial charge in [-0.3, -0.25) is 14.5 Å². The topological polar surface area (TPSA) is 61.4 Å². The van der Waals surface area contributed by atoms with E-state index in [9.17, 15) is 9.59 Å². The Labute approximate surface area is 164 Å². The molecule has 1 saturated heterocycles. The molecule has 2 fully saturated rings. The number of rotatable bonds is 7. The molecule has 0 aromatic heterocycles. The molecule has 27 heavy (non-hydrogen) atoms. The molecule has 1 atom stereocenters. The minimum atomic E-state index is 0.0425. The van der Waals surface area contributed by atoms with Crippen molar-refractivity contribution in [2.24, 2.45) is 5.92 Å². The van der Waals surface area contributed by atoms with Gasteiger partial charge in [0.05, 0.1) is 12.5 Å². The predicted molar refractivity (Wildman–Crippen MR) is 108 cm³/mol. The van der Waals surface area contributed by atoms with Crippen LogP contribution in [0.25, 0.3) is 0 Å². The van der Waals surface area contributed by atoms with Gasteiger partial charge in [0.15, 0.2) is 0 Å². The van der Waals surface area contributed by atoms with Gasteiger partial charge in [0.1, 0.15) is 0 Å². The monoisotopic (exact) mass is 375 g/mol. The molecule has 5 nitrogen and oxygen atoms in total. The molecule has 5 heteroatoms. The third-order valence-corrected chi connectivity index (χ3v) is 6.35. The van der Waals surface area contributed by atoms with E-state index in [-0.39, 0.29) is 17.7 Å². The Balaban J connectivity index is 1.35. The Bertz CT molecular complexity index is 526. The highest BCUT2D eigenvalue weighted by Gasteiger charge is 2.28. The molecule has 2 aliphatic carbocycles. The summed E-state index contributed by atoms with van der Waals surface area (Å²) in [4.78, 5) is 27.0. The van der Waals surface area contributed by atoms with Gasteiger partial charge in [-0.15, -0.1) is 0 Å². The van der Waals surface area contributed by atoms with Crippen LogP contribution in [-0.2, 0) is 9.59 Å². The van der Waals surface area contributed by atoms with Crippen LogP contribution in [0.5, 0.6) is 0 Å². The van der Waals surface area contributed by atoms with Crippen LogP contribution in [0, 0.1) is 5.92 Å². The van der Waals surface area contributed by atoms with Gasteiger partial charge in [-0.1, -0.05) is 30.9 Å². The van der Waals surface area contributed by atoms with Crippen molar-refractivity contribution in [3.63, 3.8) is 0 Å². The van der Waals surface area contributed by atoms with E-state index in [2.05, 4.69) is 21.6 Å². The van der Waals surface area contributed by atoms with Gasteiger partial charge >= 0.3 is 0 Å². The zero-order valence-corrected chi connectivity index (χ0v) is 16.8. The molecule has 0 radical (unpaired) electrons. The van der Waals surface area contributed by atoms with E-state index < -0.39 is 0 Å². The quantitative estimate of drug-likeness (QED) is 0.672. The second kappa shape index (κ2) is 10.8. The number of likely N-dealkylation sites (tertiary alicyclic amines) is 1. The largest absolute Gasteiger partial charge is 0.355 e. The summed E-state index contributed by atoms with van der Waals surface area (Å²) >= 11 is 0. The van der Waals surface area contributed by atoms with Gasteiger partial charge in [0.25, 0.3) is 0 Å².